The lowest BCUT2D eigenvalue weighted by Crippen LogP contribution is -2.33. The summed E-state index contributed by atoms with van der Waals surface area (Å²) in [6, 6.07) is 6.34. The number of aromatic nitrogens is 1. The first-order chi connectivity index (χ1) is 16.5. The van der Waals surface area contributed by atoms with Gasteiger partial charge < -0.3 is 20.0 Å². The van der Waals surface area contributed by atoms with Crippen molar-refractivity contribution in [2.45, 2.75) is 31.8 Å². The van der Waals surface area contributed by atoms with Crippen molar-refractivity contribution in [3.63, 3.8) is 0 Å². The van der Waals surface area contributed by atoms with Crippen LogP contribution in [0.4, 0.5) is 24.7 Å². The summed E-state index contributed by atoms with van der Waals surface area (Å²) in [7, 11) is 0.00313. The number of nitrogens with zero attached hydrogens (tertiary/aromatic N) is 3. The molecule has 0 aliphatic rings. The largest absolute Gasteiger partial charge is 0.490 e. The molecule has 1 heterocycles. The molecule has 0 saturated carbocycles. The van der Waals surface area contributed by atoms with Crippen LogP contribution in [0, 0.1) is 13.8 Å². The molecular weight excluding hydrogens is 505 g/mol. The van der Waals surface area contributed by atoms with Crippen LogP contribution in [0.1, 0.15) is 28.4 Å². The predicted molar refractivity (Wildman–Crippen MR) is 128 cm³/mol. The highest BCUT2D eigenvalue weighted by atomic mass is 32.2. The van der Waals surface area contributed by atoms with E-state index in [4.69, 9.17) is 9.90 Å². The average molecular weight is 535 g/mol. The number of hydrogen-bond acceptors (Lipinski definition) is 7. The van der Waals surface area contributed by atoms with E-state index in [9.17, 15) is 31.5 Å². The lowest BCUT2D eigenvalue weighted by molar-refractivity contribution is -0.192. The maximum atomic E-state index is 12.8. The van der Waals surface area contributed by atoms with Gasteiger partial charge in [-0.2, -0.15) is 13.2 Å². The molecular formula is C22H29F3N4O6S. The number of alkyl halides is 3. The van der Waals surface area contributed by atoms with E-state index in [0.29, 0.717) is 24.5 Å². The highest BCUT2D eigenvalue weighted by molar-refractivity contribution is 7.92. The van der Waals surface area contributed by atoms with Gasteiger partial charge in [0.2, 0.25) is 0 Å². The molecule has 0 unspecified atom stereocenters. The summed E-state index contributed by atoms with van der Waals surface area (Å²) in [4.78, 5) is 29.0. The Kier molecular flexibility index (Phi) is 10.7. The monoisotopic (exact) mass is 534 g/mol. The fourth-order valence-corrected chi connectivity index (χ4v) is 4.23. The number of carboxylic acid groups (broad SMARTS) is 2. The van der Waals surface area contributed by atoms with Crippen molar-refractivity contribution in [2.24, 2.45) is 0 Å². The number of aromatic carboxylic acids is 1. The summed E-state index contributed by atoms with van der Waals surface area (Å²) in [5.41, 5.74) is 1.63. The number of aryl methyl sites for hydroxylation is 2. The molecule has 2 aromatic rings. The lowest BCUT2D eigenvalue weighted by atomic mass is 10.2. The summed E-state index contributed by atoms with van der Waals surface area (Å²) in [6.07, 6.45) is -3.73. The van der Waals surface area contributed by atoms with Crippen LogP contribution < -0.4 is 9.62 Å². The van der Waals surface area contributed by atoms with Gasteiger partial charge in [0.05, 0.1) is 16.8 Å². The molecule has 0 saturated heterocycles. The van der Waals surface area contributed by atoms with Gasteiger partial charge in [0.1, 0.15) is 11.4 Å². The van der Waals surface area contributed by atoms with E-state index < -0.39 is 28.1 Å². The second kappa shape index (κ2) is 12.5. The van der Waals surface area contributed by atoms with Crippen LogP contribution in [0.25, 0.3) is 0 Å². The number of aliphatic carboxylic acids is 1. The number of nitrogens with one attached hydrogen (secondary N) is 1. The maximum absolute atomic E-state index is 12.8. The van der Waals surface area contributed by atoms with Gasteiger partial charge in [-0.1, -0.05) is 17.7 Å². The van der Waals surface area contributed by atoms with Crippen LogP contribution in [-0.4, -0.2) is 80.4 Å². The minimum atomic E-state index is -5.08. The van der Waals surface area contributed by atoms with Crippen molar-refractivity contribution in [3.8, 4) is 0 Å². The van der Waals surface area contributed by atoms with Crippen molar-refractivity contribution in [1.29, 1.82) is 0 Å². The third-order valence-electron chi connectivity index (χ3n) is 4.71. The number of benzene rings is 1. The van der Waals surface area contributed by atoms with Gasteiger partial charge >= 0.3 is 18.1 Å². The first-order valence-electron chi connectivity index (χ1n) is 10.5. The summed E-state index contributed by atoms with van der Waals surface area (Å²) in [5, 5.41) is 16.8. The van der Waals surface area contributed by atoms with Crippen molar-refractivity contribution in [1.82, 2.24) is 9.88 Å². The molecule has 0 radical (unpaired) electrons. The summed E-state index contributed by atoms with van der Waals surface area (Å²) < 4.78 is 59.7. The van der Waals surface area contributed by atoms with Gasteiger partial charge in [0.25, 0.3) is 10.0 Å². The molecule has 0 aliphatic heterocycles. The third-order valence-corrected chi connectivity index (χ3v) is 6.25. The Morgan fingerprint density at radius 2 is 1.67 bits per heavy atom. The maximum Gasteiger partial charge on any atom is 0.490 e. The Balaban J connectivity index is 0.000000809. The lowest BCUT2D eigenvalue weighted by Gasteiger charge is -2.25. The number of likely N-dealkylation sites (N-methyl/N-ethyl adjacent to an activating group) is 2. The standard InChI is InChI=1S/C20H28N4O4S.C2HF3O2/c1-6-24(10-9-23(4)5)19-17(20(25)26)12-16(13-21-19)22-29(27,28)18-8-7-14(2)11-15(18)3;3-2(4,5)1(6)7/h7-8,11-13,22H,6,9-10H2,1-5H3,(H,25,26);(H,6,7). The molecule has 0 atom stereocenters. The smallest absolute Gasteiger partial charge is 0.478 e. The highest BCUT2D eigenvalue weighted by Gasteiger charge is 2.38. The molecule has 1 aromatic heterocycles. The molecule has 2 rings (SSSR count). The number of carbonyl (C=O) groups is 2. The fraction of sp³-hybridized carbons (Fsp3) is 0.409. The Morgan fingerprint density at radius 3 is 2.11 bits per heavy atom. The third kappa shape index (κ3) is 9.00. The normalized spacial score (nSPS) is 11.5. The van der Waals surface area contributed by atoms with Gasteiger partial charge in [0, 0.05) is 19.6 Å². The van der Waals surface area contributed by atoms with Crippen molar-refractivity contribution in [2.75, 3.05) is 43.4 Å². The van der Waals surface area contributed by atoms with E-state index in [1.54, 1.807) is 19.1 Å². The van der Waals surface area contributed by atoms with E-state index >= 15 is 0 Å². The molecule has 10 nitrogen and oxygen atoms in total. The van der Waals surface area contributed by atoms with Crippen LogP contribution in [-0.2, 0) is 14.8 Å². The van der Waals surface area contributed by atoms with Crippen LogP contribution in [0.3, 0.4) is 0 Å². The van der Waals surface area contributed by atoms with E-state index in [2.05, 4.69) is 9.71 Å². The van der Waals surface area contributed by atoms with Crippen molar-refractivity contribution < 1.29 is 41.4 Å². The number of hydrogen-bond donors (Lipinski definition) is 3. The van der Waals surface area contributed by atoms with Crippen molar-refractivity contribution in [3.05, 3.63) is 47.2 Å². The number of rotatable bonds is 9. The first-order valence-corrected chi connectivity index (χ1v) is 12.0. The quantitative estimate of drug-likeness (QED) is 0.442. The minimum absolute atomic E-state index is 0.0496. The summed E-state index contributed by atoms with van der Waals surface area (Å²) in [6.45, 7) is 7.43. The highest BCUT2D eigenvalue weighted by Crippen LogP contribution is 2.25. The zero-order valence-corrected chi connectivity index (χ0v) is 21.2. The summed E-state index contributed by atoms with van der Waals surface area (Å²) >= 11 is 0. The SMILES string of the molecule is CCN(CCN(C)C)c1ncc(NS(=O)(=O)c2ccc(C)cc2C)cc1C(=O)O.O=C(O)C(F)(F)F. The van der Waals surface area contributed by atoms with Gasteiger partial charge in [0.15, 0.2) is 0 Å². The van der Waals surface area contributed by atoms with Gasteiger partial charge in [-0.15, -0.1) is 0 Å². The topological polar surface area (TPSA) is 140 Å². The van der Waals surface area contributed by atoms with Crippen LogP contribution in [0.15, 0.2) is 35.4 Å². The second-order valence-electron chi connectivity index (χ2n) is 7.96. The minimum Gasteiger partial charge on any atom is -0.478 e. The van der Waals surface area contributed by atoms with Crippen LogP contribution in [0.2, 0.25) is 0 Å². The molecule has 0 spiro atoms. The van der Waals surface area contributed by atoms with E-state index in [1.165, 1.54) is 18.3 Å². The fourth-order valence-electron chi connectivity index (χ4n) is 2.97. The Hall–Kier alpha value is -3.39. The Bertz CT molecular complexity index is 1190. The predicted octanol–water partition coefficient (Wildman–Crippen LogP) is 3.22. The molecule has 0 bridgehead atoms. The van der Waals surface area contributed by atoms with Crippen LogP contribution >= 0.6 is 0 Å². The Labute approximate surface area is 207 Å². The number of pyridine rings is 1. The number of halogens is 3. The second-order valence-corrected chi connectivity index (χ2v) is 9.61. The zero-order chi connectivity index (χ0) is 27.8. The molecule has 3 N–H and O–H groups in total. The van der Waals surface area contributed by atoms with E-state index in [0.717, 1.165) is 12.1 Å². The van der Waals surface area contributed by atoms with Crippen LogP contribution in [0.5, 0.6) is 0 Å². The summed E-state index contributed by atoms with van der Waals surface area (Å²) in [5.74, 6) is -3.60. The van der Waals surface area contributed by atoms with Crippen molar-refractivity contribution >= 4 is 33.5 Å². The number of carboxylic acids is 2. The average Bonchev–Trinajstić information content (AvgIpc) is 2.73. The molecule has 0 aliphatic carbocycles. The number of sulfonamides is 1. The molecule has 200 valence electrons. The van der Waals surface area contributed by atoms with Gasteiger partial charge in [-0.05, 0) is 52.6 Å². The number of anilines is 2. The van der Waals surface area contributed by atoms with Gasteiger partial charge in [-0.25, -0.2) is 23.0 Å². The van der Waals surface area contributed by atoms with E-state index in [-0.39, 0.29) is 16.1 Å². The molecule has 14 heteroatoms. The zero-order valence-electron chi connectivity index (χ0n) is 20.4. The first kappa shape index (κ1) is 30.6. The van der Waals surface area contributed by atoms with Gasteiger partial charge in [-0.3, -0.25) is 4.72 Å². The van der Waals surface area contributed by atoms with E-state index in [1.807, 2.05) is 37.7 Å². The molecule has 1 aromatic carbocycles. The Morgan fingerprint density at radius 1 is 1.08 bits per heavy atom. The molecule has 0 amide bonds. The molecule has 0 fully saturated rings. The molecule has 36 heavy (non-hydrogen) atoms.